The van der Waals surface area contributed by atoms with Crippen LogP contribution in [0, 0.1) is 34.5 Å². The van der Waals surface area contributed by atoms with Crippen molar-refractivity contribution in [3.8, 4) is 0 Å². The summed E-state index contributed by atoms with van der Waals surface area (Å²) in [4.78, 5) is 17.0. The number of nitrogens with one attached hydrogen (secondary N) is 2. The lowest BCUT2D eigenvalue weighted by Gasteiger charge is -2.58. The highest BCUT2D eigenvalue weighted by molar-refractivity contribution is 5.83. The maximum absolute atomic E-state index is 12.2. The van der Waals surface area contributed by atoms with E-state index in [9.17, 15) is 9.90 Å². The molecule has 7 heteroatoms. The molecule has 0 saturated heterocycles. The average molecular weight is 684 g/mol. The van der Waals surface area contributed by atoms with Crippen molar-refractivity contribution in [1.82, 2.24) is 10.6 Å². The maximum Gasteiger partial charge on any atom is 0.220 e. The number of hydrogen-bond donors (Lipinski definition) is 5. The van der Waals surface area contributed by atoms with Crippen LogP contribution in [0.5, 0.6) is 0 Å². The van der Waals surface area contributed by atoms with E-state index in [0.717, 1.165) is 81.0 Å². The van der Waals surface area contributed by atoms with Crippen molar-refractivity contribution in [2.75, 3.05) is 26.2 Å². The van der Waals surface area contributed by atoms with Gasteiger partial charge >= 0.3 is 0 Å². The number of allylic oxidation sites excluding steroid dienone is 1. The molecule has 282 valence electrons. The predicted molar refractivity (Wildman–Crippen MR) is 207 cm³/mol. The monoisotopic (exact) mass is 684 g/mol. The molecule has 4 rings (SSSR count). The molecule has 0 bridgehead atoms. The Labute approximate surface area is 301 Å². The first-order valence-corrected chi connectivity index (χ1v) is 20.8. The molecular formula is C42H77N5O2. The third-order valence-electron chi connectivity index (χ3n) is 14.0. The van der Waals surface area contributed by atoms with Crippen molar-refractivity contribution < 1.29 is 9.90 Å². The molecule has 49 heavy (non-hydrogen) atoms. The zero-order valence-electron chi connectivity index (χ0n) is 32.5. The van der Waals surface area contributed by atoms with E-state index in [1.807, 2.05) is 6.92 Å². The van der Waals surface area contributed by atoms with E-state index >= 15 is 0 Å². The molecular weight excluding hydrogens is 606 g/mol. The fraction of sp³-hybridized carbons (Fsp3) is 0.905. The number of unbranched alkanes of at least 4 members (excludes halogenated alkanes) is 3. The summed E-state index contributed by atoms with van der Waals surface area (Å²) in [6, 6.07) is 0.959. The van der Waals surface area contributed by atoms with Crippen LogP contribution in [0.4, 0.5) is 0 Å². The SMILES string of the molecule is CC(CCNC(=O)CCCCCC(C)(O)CCN)=NCCCNC1CCC2(C)C(=CCC3C2CCC2(C)C(CCCCC(C)N)CCC32)C1. The first-order chi connectivity index (χ1) is 23.4. The van der Waals surface area contributed by atoms with Crippen molar-refractivity contribution in [1.29, 1.82) is 0 Å². The second kappa shape index (κ2) is 19.0. The van der Waals surface area contributed by atoms with Gasteiger partial charge in [-0.05, 0) is 158 Å². The van der Waals surface area contributed by atoms with Crippen molar-refractivity contribution in [3.63, 3.8) is 0 Å². The lowest BCUT2D eigenvalue weighted by molar-refractivity contribution is -0.121. The van der Waals surface area contributed by atoms with E-state index < -0.39 is 5.60 Å². The number of nitrogens with zero attached hydrogens (tertiary/aromatic N) is 1. The van der Waals surface area contributed by atoms with Gasteiger partial charge in [-0.15, -0.1) is 0 Å². The lowest BCUT2D eigenvalue weighted by Crippen LogP contribution is -2.51. The summed E-state index contributed by atoms with van der Waals surface area (Å²) >= 11 is 0. The van der Waals surface area contributed by atoms with E-state index in [2.05, 4.69) is 44.4 Å². The number of amides is 1. The minimum absolute atomic E-state index is 0.117. The summed E-state index contributed by atoms with van der Waals surface area (Å²) < 4.78 is 0. The Morgan fingerprint density at radius 1 is 1.02 bits per heavy atom. The molecule has 4 aliphatic carbocycles. The molecule has 9 atom stereocenters. The number of hydrogen-bond acceptors (Lipinski definition) is 6. The van der Waals surface area contributed by atoms with Crippen LogP contribution in [0.3, 0.4) is 0 Å². The fourth-order valence-electron chi connectivity index (χ4n) is 10.9. The quantitative estimate of drug-likeness (QED) is 0.0479. The summed E-state index contributed by atoms with van der Waals surface area (Å²) in [6.07, 6.45) is 25.6. The Morgan fingerprint density at radius 2 is 1.84 bits per heavy atom. The number of aliphatic imine (C=N–C) groups is 1. The number of carbonyl (C=O) groups excluding carboxylic acids is 1. The van der Waals surface area contributed by atoms with Crippen LogP contribution in [0.15, 0.2) is 16.6 Å². The molecule has 7 nitrogen and oxygen atoms in total. The van der Waals surface area contributed by atoms with Crippen LogP contribution in [0.25, 0.3) is 0 Å². The summed E-state index contributed by atoms with van der Waals surface area (Å²) in [6.45, 7) is 14.5. The molecule has 0 radical (unpaired) electrons. The van der Waals surface area contributed by atoms with Gasteiger partial charge in [0.1, 0.15) is 0 Å². The Kier molecular flexibility index (Phi) is 15.7. The largest absolute Gasteiger partial charge is 0.390 e. The van der Waals surface area contributed by atoms with E-state index in [4.69, 9.17) is 16.5 Å². The van der Waals surface area contributed by atoms with Crippen molar-refractivity contribution in [3.05, 3.63) is 11.6 Å². The summed E-state index contributed by atoms with van der Waals surface area (Å²) in [5.41, 5.74) is 14.8. The molecule has 0 aliphatic heterocycles. The van der Waals surface area contributed by atoms with Crippen LogP contribution in [0.2, 0.25) is 0 Å². The second-order valence-electron chi connectivity index (χ2n) is 17.9. The van der Waals surface area contributed by atoms with E-state index in [1.54, 1.807) is 5.57 Å². The molecule has 4 aliphatic rings. The molecule has 0 spiro atoms. The first-order valence-electron chi connectivity index (χ1n) is 20.8. The third-order valence-corrected chi connectivity index (χ3v) is 14.0. The second-order valence-corrected chi connectivity index (χ2v) is 17.9. The molecule has 1 amide bonds. The standard InChI is InChI=1S/C42H77N5O2/c1-31(44)12-8-9-13-33-16-18-37-36-17-15-34-30-35(19-23-42(34,5)38(36)20-24-41(33,37)4)46-28-11-27-45-32(2)21-29-47-39(48)14-7-6-10-22-40(3,49)25-26-43/h15,31,33,35-38,46,49H,6-14,16-30,43-44H2,1-5H3,(H,47,48). The number of aliphatic hydroxyl groups is 1. The third kappa shape index (κ3) is 11.4. The highest BCUT2D eigenvalue weighted by Crippen LogP contribution is 2.66. The summed E-state index contributed by atoms with van der Waals surface area (Å²) in [5, 5.41) is 17.2. The normalized spacial score (nSPS) is 33.2. The van der Waals surface area contributed by atoms with Gasteiger partial charge in [-0.3, -0.25) is 9.79 Å². The molecule has 7 N–H and O–H groups in total. The van der Waals surface area contributed by atoms with Gasteiger partial charge in [0.2, 0.25) is 5.91 Å². The van der Waals surface area contributed by atoms with Crippen LogP contribution < -0.4 is 22.1 Å². The molecule has 0 aromatic carbocycles. The van der Waals surface area contributed by atoms with Crippen molar-refractivity contribution >= 4 is 11.6 Å². The molecule has 0 aromatic rings. The van der Waals surface area contributed by atoms with Crippen LogP contribution >= 0.6 is 0 Å². The van der Waals surface area contributed by atoms with E-state index in [-0.39, 0.29) is 5.91 Å². The number of rotatable bonds is 21. The van der Waals surface area contributed by atoms with Crippen LogP contribution in [-0.2, 0) is 4.79 Å². The zero-order valence-corrected chi connectivity index (χ0v) is 32.5. The van der Waals surface area contributed by atoms with E-state index in [0.29, 0.717) is 48.8 Å². The summed E-state index contributed by atoms with van der Waals surface area (Å²) in [5.74, 6) is 3.78. The average Bonchev–Trinajstić information content (AvgIpc) is 3.38. The van der Waals surface area contributed by atoms with Gasteiger partial charge in [-0.25, -0.2) is 0 Å². The predicted octanol–water partition coefficient (Wildman–Crippen LogP) is 7.84. The Morgan fingerprint density at radius 3 is 2.61 bits per heavy atom. The van der Waals surface area contributed by atoms with E-state index in [1.165, 1.54) is 77.0 Å². The highest BCUT2D eigenvalue weighted by Gasteiger charge is 2.58. The molecule has 3 saturated carbocycles. The van der Waals surface area contributed by atoms with Crippen molar-refractivity contribution in [2.24, 2.45) is 51.0 Å². The Balaban J connectivity index is 1.10. The molecule has 9 unspecified atom stereocenters. The topological polar surface area (TPSA) is 126 Å². The van der Waals surface area contributed by atoms with Gasteiger partial charge in [0.05, 0.1) is 5.60 Å². The van der Waals surface area contributed by atoms with Crippen molar-refractivity contribution in [2.45, 2.75) is 181 Å². The Hall–Kier alpha value is -1.28. The molecule has 3 fully saturated rings. The Bertz CT molecular complexity index is 1090. The van der Waals surface area contributed by atoms with Gasteiger partial charge in [0, 0.05) is 43.7 Å². The first kappa shape index (κ1) is 40.5. The van der Waals surface area contributed by atoms with Crippen LogP contribution in [-0.4, -0.2) is 60.6 Å². The lowest BCUT2D eigenvalue weighted by atomic mass is 9.47. The minimum Gasteiger partial charge on any atom is -0.390 e. The van der Waals surface area contributed by atoms with Crippen LogP contribution in [0.1, 0.15) is 163 Å². The van der Waals surface area contributed by atoms with Gasteiger partial charge in [0.25, 0.3) is 0 Å². The summed E-state index contributed by atoms with van der Waals surface area (Å²) in [7, 11) is 0. The van der Waals surface area contributed by atoms with Gasteiger partial charge in [-0.2, -0.15) is 0 Å². The number of carbonyl (C=O) groups is 1. The molecule has 0 heterocycles. The van der Waals surface area contributed by atoms with Gasteiger partial charge in [-0.1, -0.05) is 51.2 Å². The maximum atomic E-state index is 12.2. The minimum atomic E-state index is -0.680. The molecule has 0 aromatic heterocycles. The highest BCUT2D eigenvalue weighted by atomic mass is 16.3. The van der Waals surface area contributed by atoms with Gasteiger partial charge < -0.3 is 27.2 Å². The zero-order chi connectivity index (χ0) is 35.5. The smallest absolute Gasteiger partial charge is 0.220 e. The number of nitrogens with two attached hydrogens (primary N) is 2. The number of fused-ring (bicyclic) bond motifs is 5. The fourth-order valence-corrected chi connectivity index (χ4v) is 10.9. The van der Waals surface area contributed by atoms with Gasteiger partial charge in [0.15, 0.2) is 0 Å².